The lowest BCUT2D eigenvalue weighted by Gasteiger charge is -2.05. The van der Waals surface area contributed by atoms with E-state index in [1.54, 1.807) is 12.1 Å². The van der Waals surface area contributed by atoms with E-state index in [-0.39, 0.29) is 11.3 Å². The van der Waals surface area contributed by atoms with Gasteiger partial charge in [-0.3, -0.25) is 4.79 Å². The fraction of sp³-hybridized carbons (Fsp3) is 0.200. The van der Waals surface area contributed by atoms with Crippen molar-refractivity contribution >= 4 is 28.2 Å². The quantitative estimate of drug-likeness (QED) is 0.813. The number of carbonyl (C=O) groups is 2. The van der Waals surface area contributed by atoms with E-state index in [9.17, 15) is 19.8 Å². The van der Waals surface area contributed by atoms with Crippen LogP contribution < -0.4 is 5.32 Å². The number of carboxylic acids is 1. The number of amides is 1. The zero-order chi connectivity index (χ0) is 15.0. The molecule has 0 atom stereocenters. The first-order valence-corrected chi connectivity index (χ1v) is 7.36. The molecule has 21 heavy (non-hydrogen) atoms. The van der Waals surface area contributed by atoms with Crippen molar-refractivity contribution in [3.05, 3.63) is 45.8 Å². The highest BCUT2D eigenvalue weighted by Crippen LogP contribution is 2.39. The highest BCUT2D eigenvalue weighted by Gasteiger charge is 2.27. The van der Waals surface area contributed by atoms with Gasteiger partial charge in [0, 0.05) is 10.4 Å². The molecule has 0 spiro atoms. The summed E-state index contributed by atoms with van der Waals surface area (Å²) in [5, 5.41) is 21.8. The number of fused-ring (bicyclic) bond motifs is 1. The Morgan fingerprint density at radius 1 is 1.24 bits per heavy atom. The minimum Gasteiger partial charge on any atom is -0.508 e. The van der Waals surface area contributed by atoms with Gasteiger partial charge in [-0.25, -0.2) is 4.79 Å². The van der Waals surface area contributed by atoms with E-state index < -0.39 is 11.9 Å². The molecular formula is C15H13NO4S. The molecule has 0 bridgehead atoms. The third kappa shape index (κ3) is 2.50. The summed E-state index contributed by atoms with van der Waals surface area (Å²) < 4.78 is 0. The lowest BCUT2D eigenvalue weighted by atomic mass is 10.1. The van der Waals surface area contributed by atoms with Crippen LogP contribution in [0.25, 0.3) is 0 Å². The first-order chi connectivity index (χ1) is 10.1. The molecule has 0 aliphatic heterocycles. The van der Waals surface area contributed by atoms with Gasteiger partial charge in [0.15, 0.2) is 0 Å². The minimum atomic E-state index is -1.01. The molecule has 0 fully saturated rings. The van der Waals surface area contributed by atoms with Crippen molar-refractivity contribution in [3.8, 4) is 5.75 Å². The fourth-order valence-electron chi connectivity index (χ4n) is 2.54. The minimum absolute atomic E-state index is 0.00483. The number of rotatable bonds is 3. The molecule has 1 aliphatic carbocycles. The summed E-state index contributed by atoms with van der Waals surface area (Å²) >= 11 is 1.33. The van der Waals surface area contributed by atoms with Gasteiger partial charge in [-0.2, -0.15) is 0 Å². The molecule has 3 N–H and O–H groups in total. The number of hydrogen-bond donors (Lipinski definition) is 3. The Hall–Kier alpha value is -2.34. The summed E-state index contributed by atoms with van der Waals surface area (Å²) in [6, 6.07) is 5.95. The third-order valence-electron chi connectivity index (χ3n) is 3.47. The topological polar surface area (TPSA) is 86.6 Å². The number of aryl methyl sites for hydroxylation is 1. The van der Waals surface area contributed by atoms with Crippen LogP contribution in [-0.4, -0.2) is 22.1 Å². The molecule has 108 valence electrons. The van der Waals surface area contributed by atoms with Crippen LogP contribution in [0.15, 0.2) is 24.3 Å². The van der Waals surface area contributed by atoms with Gasteiger partial charge in [-0.15, -0.1) is 11.3 Å². The highest BCUT2D eigenvalue weighted by atomic mass is 32.1. The third-order valence-corrected chi connectivity index (χ3v) is 4.68. The number of phenols is 1. The van der Waals surface area contributed by atoms with Gasteiger partial charge in [-0.1, -0.05) is 6.07 Å². The normalized spacial score (nSPS) is 13.0. The molecule has 1 aromatic heterocycles. The van der Waals surface area contributed by atoms with Crippen molar-refractivity contribution in [2.45, 2.75) is 19.3 Å². The number of carboxylic acid groups (broad SMARTS) is 1. The number of thiophene rings is 1. The van der Waals surface area contributed by atoms with Crippen LogP contribution >= 0.6 is 11.3 Å². The van der Waals surface area contributed by atoms with E-state index in [1.165, 1.54) is 23.5 Å². The van der Waals surface area contributed by atoms with Gasteiger partial charge in [-0.05, 0) is 43.0 Å². The van der Waals surface area contributed by atoms with Gasteiger partial charge in [0.25, 0.3) is 5.91 Å². The number of aromatic carboxylic acids is 1. The Morgan fingerprint density at radius 3 is 2.76 bits per heavy atom. The van der Waals surface area contributed by atoms with Crippen LogP contribution in [0.4, 0.5) is 5.00 Å². The zero-order valence-electron chi connectivity index (χ0n) is 11.0. The van der Waals surface area contributed by atoms with Crippen molar-refractivity contribution in [1.29, 1.82) is 0 Å². The van der Waals surface area contributed by atoms with Crippen LogP contribution in [0.3, 0.4) is 0 Å². The fourth-order valence-corrected chi connectivity index (χ4v) is 3.82. The van der Waals surface area contributed by atoms with Crippen molar-refractivity contribution in [1.82, 2.24) is 0 Å². The zero-order valence-corrected chi connectivity index (χ0v) is 11.9. The average Bonchev–Trinajstić information content (AvgIpc) is 2.98. The predicted octanol–water partition coefficient (Wildman–Crippen LogP) is 2.89. The van der Waals surface area contributed by atoms with Gasteiger partial charge in [0.1, 0.15) is 10.8 Å². The number of anilines is 1. The molecule has 3 rings (SSSR count). The first-order valence-electron chi connectivity index (χ1n) is 6.54. The maximum atomic E-state index is 12.2. The van der Waals surface area contributed by atoms with Crippen LogP contribution in [0.1, 0.15) is 37.6 Å². The summed E-state index contributed by atoms with van der Waals surface area (Å²) in [4.78, 5) is 24.6. The van der Waals surface area contributed by atoms with E-state index in [0.717, 1.165) is 29.7 Å². The Kier molecular flexibility index (Phi) is 3.39. The Bertz CT molecular complexity index is 735. The summed E-state index contributed by atoms with van der Waals surface area (Å²) in [5.74, 6) is -1.44. The summed E-state index contributed by atoms with van der Waals surface area (Å²) in [6.07, 6.45) is 2.57. The van der Waals surface area contributed by atoms with E-state index in [2.05, 4.69) is 5.32 Å². The maximum Gasteiger partial charge on any atom is 0.339 e. The lowest BCUT2D eigenvalue weighted by Crippen LogP contribution is -2.13. The highest BCUT2D eigenvalue weighted by molar-refractivity contribution is 7.17. The van der Waals surface area contributed by atoms with E-state index >= 15 is 0 Å². The number of carbonyl (C=O) groups excluding carboxylic acids is 1. The van der Waals surface area contributed by atoms with E-state index in [0.29, 0.717) is 10.6 Å². The molecular weight excluding hydrogens is 290 g/mol. The Balaban J connectivity index is 1.92. The molecule has 6 heteroatoms. The monoisotopic (exact) mass is 303 g/mol. The summed E-state index contributed by atoms with van der Waals surface area (Å²) in [6.45, 7) is 0. The molecule has 0 saturated heterocycles. The molecule has 0 unspecified atom stereocenters. The van der Waals surface area contributed by atoms with Crippen molar-refractivity contribution in [3.63, 3.8) is 0 Å². The van der Waals surface area contributed by atoms with Crippen LogP contribution in [-0.2, 0) is 12.8 Å². The number of benzene rings is 1. The van der Waals surface area contributed by atoms with Gasteiger partial charge in [0.05, 0.1) is 5.56 Å². The van der Waals surface area contributed by atoms with Crippen LogP contribution in [0.5, 0.6) is 5.75 Å². The second-order valence-corrected chi connectivity index (χ2v) is 5.98. The summed E-state index contributed by atoms with van der Waals surface area (Å²) in [7, 11) is 0. The van der Waals surface area contributed by atoms with Crippen LogP contribution in [0.2, 0.25) is 0 Å². The molecule has 1 amide bonds. The summed E-state index contributed by atoms with van der Waals surface area (Å²) in [5.41, 5.74) is 1.35. The predicted molar refractivity (Wildman–Crippen MR) is 79.4 cm³/mol. The van der Waals surface area contributed by atoms with Gasteiger partial charge < -0.3 is 15.5 Å². The Labute approximate surface area is 124 Å². The number of phenolic OH excluding ortho intramolecular Hbond substituents is 1. The van der Waals surface area contributed by atoms with Gasteiger partial charge >= 0.3 is 5.97 Å². The number of aromatic hydroxyl groups is 1. The van der Waals surface area contributed by atoms with E-state index in [1.807, 2.05) is 0 Å². The Morgan fingerprint density at radius 2 is 2.05 bits per heavy atom. The maximum absolute atomic E-state index is 12.2. The second-order valence-electron chi connectivity index (χ2n) is 4.87. The smallest absolute Gasteiger partial charge is 0.339 e. The molecule has 2 aromatic rings. The lowest BCUT2D eigenvalue weighted by molar-refractivity contribution is 0.0697. The van der Waals surface area contributed by atoms with Crippen molar-refractivity contribution < 1.29 is 19.8 Å². The van der Waals surface area contributed by atoms with Crippen LogP contribution in [0, 0.1) is 0 Å². The largest absolute Gasteiger partial charge is 0.508 e. The van der Waals surface area contributed by atoms with E-state index in [4.69, 9.17) is 0 Å². The van der Waals surface area contributed by atoms with Crippen molar-refractivity contribution in [2.75, 3.05) is 5.32 Å². The molecule has 0 saturated carbocycles. The van der Waals surface area contributed by atoms with Gasteiger partial charge in [0.2, 0.25) is 0 Å². The SMILES string of the molecule is O=C(Nc1sc2c(c1C(=O)O)CCC2)c1cccc(O)c1. The molecule has 1 aromatic carbocycles. The first kappa shape index (κ1) is 13.6. The van der Waals surface area contributed by atoms with Crippen molar-refractivity contribution in [2.24, 2.45) is 0 Å². The number of nitrogens with one attached hydrogen (secondary N) is 1. The average molecular weight is 303 g/mol. The number of hydrogen-bond acceptors (Lipinski definition) is 4. The standard InChI is InChI=1S/C15H13NO4S/c17-9-4-1-3-8(7-9)13(18)16-14-12(15(19)20)10-5-2-6-11(10)21-14/h1,3-4,7,17H,2,5-6H2,(H,16,18)(H,19,20). The second kappa shape index (κ2) is 5.21. The molecule has 0 radical (unpaired) electrons. The molecule has 5 nitrogen and oxygen atoms in total. The molecule has 1 heterocycles. The molecule has 1 aliphatic rings.